The van der Waals surface area contributed by atoms with E-state index in [1.54, 1.807) is 0 Å². The van der Waals surface area contributed by atoms with Gasteiger partial charge in [0.1, 0.15) is 13.2 Å². The third-order valence-corrected chi connectivity index (χ3v) is 14.0. The molecule has 0 amide bonds. The third kappa shape index (κ3) is 56.7. The first-order valence-corrected chi connectivity index (χ1v) is 30.8. The average Bonchev–Trinajstić information content (AvgIpc) is 3.35. The lowest BCUT2D eigenvalue weighted by Gasteiger charge is -2.18. The maximum Gasteiger partial charge on any atom is 0.306 e. The van der Waals surface area contributed by atoms with E-state index in [0.717, 1.165) is 64.2 Å². The monoisotopic (exact) mass is 971 g/mol. The Bertz CT molecular complexity index is 1110. The van der Waals surface area contributed by atoms with E-state index in [2.05, 4.69) is 45.1 Å². The number of carbonyl (C=O) groups is 3. The number of hydrogen-bond donors (Lipinski definition) is 0. The van der Waals surface area contributed by atoms with Crippen LogP contribution in [0.5, 0.6) is 0 Å². The van der Waals surface area contributed by atoms with Gasteiger partial charge in [-0.25, -0.2) is 0 Å². The molecule has 0 saturated carbocycles. The first-order chi connectivity index (χ1) is 34.0. The van der Waals surface area contributed by atoms with E-state index in [4.69, 9.17) is 14.2 Å². The molecule has 0 N–H and O–H groups in total. The van der Waals surface area contributed by atoms with E-state index in [0.29, 0.717) is 19.3 Å². The lowest BCUT2D eigenvalue weighted by molar-refractivity contribution is -0.167. The van der Waals surface area contributed by atoms with Crippen LogP contribution in [0.2, 0.25) is 0 Å². The van der Waals surface area contributed by atoms with Gasteiger partial charge in [-0.1, -0.05) is 295 Å². The Morgan fingerprint density at radius 3 is 0.826 bits per heavy atom. The van der Waals surface area contributed by atoms with E-state index in [-0.39, 0.29) is 31.1 Å². The van der Waals surface area contributed by atoms with Crippen molar-refractivity contribution in [3.8, 4) is 0 Å². The second-order valence-corrected chi connectivity index (χ2v) is 21.0. The van der Waals surface area contributed by atoms with E-state index in [1.807, 2.05) is 0 Å². The van der Waals surface area contributed by atoms with Crippen LogP contribution in [0.15, 0.2) is 24.3 Å². The van der Waals surface area contributed by atoms with Gasteiger partial charge in [0.25, 0.3) is 0 Å². The SMILES string of the molecule is CCCCC/C=C\C/C=C\CCCCCCCCCCCC(=O)OC[C@@H](COC(=O)CCCCCCCCCCCCCCC)OC(=O)CCCCCCCCCCCCCCCCCCCCC. The summed E-state index contributed by atoms with van der Waals surface area (Å²) < 4.78 is 16.9. The van der Waals surface area contributed by atoms with E-state index < -0.39 is 6.10 Å². The van der Waals surface area contributed by atoms with Crippen molar-refractivity contribution >= 4 is 17.9 Å². The van der Waals surface area contributed by atoms with Gasteiger partial charge in [-0.15, -0.1) is 0 Å². The number of allylic oxidation sites excluding steroid dienone is 4. The Labute approximate surface area is 430 Å². The second-order valence-electron chi connectivity index (χ2n) is 21.0. The van der Waals surface area contributed by atoms with Crippen LogP contribution in [-0.2, 0) is 28.6 Å². The molecule has 0 aromatic rings. The molecule has 0 aliphatic rings. The number of esters is 3. The summed E-state index contributed by atoms with van der Waals surface area (Å²) in [6, 6.07) is 0. The molecule has 0 radical (unpaired) electrons. The van der Waals surface area contributed by atoms with E-state index in [9.17, 15) is 14.4 Å². The Morgan fingerprint density at radius 1 is 0.290 bits per heavy atom. The smallest absolute Gasteiger partial charge is 0.306 e. The summed E-state index contributed by atoms with van der Waals surface area (Å²) in [5.41, 5.74) is 0. The first kappa shape index (κ1) is 66.9. The predicted molar refractivity (Wildman–Crippen MR) is 298 cm³/mol. The van der Waals surface area contributed by atoms with Crippen LogP contribution in [0.25, 0.3) is 0 Å². The molecular formula is C63H118O6. The molecule has 0 fully saturated rings. The molecule has 0 spiro atoms. The molecule has 0 aromatic heterocycles. The summed E-state index contributed by atoms with van der Waals surface area (Å²) >= 11 is 0. The molecule has 0 aliphatic carbocycles. The quantitative estimate of drug-likeness (QED) is 0.0261. The van der Waals surface area contributed by atoms with Crippen LogP contribution < -0.4 is 0 Å². The van der Waals surface area contributed by atoms with Crippen molar-refractivity contribution in [3.63, 3.8) is 0 Å². The number of ether oxygens (including phenoxy) is 3. The van der Waals surface area contributed by atoms with Crippen molar-refractivity contribution in [1.82, 2.24) is 0 Å². The summed E-state index contributed by atoms with van der Waals surface area (Å²) in [4.78, 5) is 38.2. The fraction of sp³-hybridized carbons (Fsp3) is 0.889. The highest BCUT2D eigenvalue weighted by Gasteiger charge is 2.19. The van der Waals surface area contributed by atoms with Crippen molar-refractivity contribution in [2.75, 3.05) is 13.2 Å². The lowest BCUT2D eigenvalue weighted by atomic mass is 10.0. The molecular weight excluding hydrogens is 853 g/mol. The highest BCUT2D eigenvalue weighted by molar-refractivity contribution is 5.71. The van der Waals surface area contributed by atoms with Gasteiger partial charge in [-0.05, 0) is 51.4 Å². The average molecular weight is 972 g/mol. The van der Waals surface area contributed by atoms with Gasteiger partial charge in [0.15, 0.2) is 6.10 Å². The van der Waals surface area contributed by atoms with Gasteiger partial charge >= 0.3 is 17.9 Å². The molecule has 0 unspecified atom stereocenters. The van der Waals surface area contributed by atoms with Crippen molar-refractivity contribution in [1.29, 1.82) is 0 Å². The summed E-state index contributed by atoms with van der Waals surface area (Å²) in [7, 11) is 0. The Kier molecular flexibility index (Phi) is 56.7. The minimum atomic E-state index is -0.768. The molecule has 69 heavy (non-hydrogen) atoms. The standard InChI is InChI=1S/C63H118O6/c1-4-7-10-13-16-19-22-25-27-29-31-33-35-38-41-44-47-50-53-56-62(65)68-59-60(58-67-61(64)55-52-49-46-43-40-37-24-21-18-15-12-9-6-3)69-63(66)57-54-51-48-45-42-39-36-34-32-30-28-26-23-20-17-14-11-8-5-2/h16,19,25,27,60H,4-15,17-18,20-24,26,28-59H2,1-3H3/b19-16-,27-25-/t60-/m1/s1. The maximum absolute atomic E-state index is 12.9. The van der Waals surface area contributed by atoms with Gasteiger partial charge in [0.2, 0.25) is 0 Å². The van der Waals surface area contributed by atoms with Gasteiger partial charge in [0, 0.05) is 19.3 Å². The molecule has 0 bridgehead atoms. The topological polar surface area (TPSA) is 78.9 Å². The van der Waals surface area contributed by atoms with Crippen LogP contribution in [-0.4, -0.2) is 37.2 Å². The van der Waals surface area contributed by atoms with Crippen molar-refractivity contribution < 1.29 is 28.6 Å². The summed E-state index contributed by atoms with van der Waals surface area (Å²) in [5.74, 6) is -0.845. The number of hydrogen-bond acceptors (Lipinski definition) is 6. The maximum atomic E-state index is 12.9. The number of unbranched alkanes of at least 4 members (excludes halogenated alkanes) is 42. The Balaban J connectivity index is 4.29. The molecule has 0 rings (SSSR count). The molecule has 0 aliphatic heterocycles. The van der Waals surface area contributed by atoms with Crippen molar-refractivity contribution in [2.45, 2.75) is 348 Å². The second kappa shape index (κ2) is 58.5. The largest absolute Gasteiger partial charge is 0.462 e. The van der Waals surface area contributed by atoms with Crippen LogP contribution in [0.1, 0.15) is 342 Å². The minimum Gasteiger partial charge on any atom is -0.462 e. The fourth-order valence-electron chi connectivity index (χ4n) is 9.30. The normalized spacial score (nSPS) is 12.1. The van der Waals surface area contributed by atoms with Gasteiger partial charge in [0.05, 0.1) is 0 Å². The third-order valence-electron chi connectivity index (χ3n) is 14.0. The van der Waals surface area contributed by atoms with Crippen LogP contribution in [0.4, 0.5) is 0 Å². The number of rotatable bonds is 57. The summed E-state index contributed by atoms with van der Waals surface area (Å²) in [6.45, 7) is 6.67. The van der Waals surface area contributed by atoms with E-state index in [1.165, 1.54) is 238 Å². The molecule has 6 heteroatoms. The minimum absolute atomic E-state index is 0.0664. The van der Waals surface area contributed by atoms with Gasteiger partial charge in [-0.3, -0.25) is 14.4 Å². The molecule has 0 saturated heterocycles. The zero-order valence-corrected chi connectivity index (χ0v) is 46.6. The zero-order valence-electron chi connectivity index (χ0n) is 46.6. The Hall–Kier alpha value is -2.11. The molecule has 0 heterocycles. The zero-order chi connectivity index (χ0) is 50.0. The van der Waals surface area contributed by atoms with Crippen LogP contribution in [0.3, 0.4) is 0 Å². The summed E-state index contributed by atoms with van der Waals surface area (Å²) in [6.07, 6.45) is 68.9. The van der Waals surface area contributed by atoms with Crippen LogP contribution in [0, 0.1) is 0 Å². The first-order valence-electron chi connectivity index (χ1n) is 30.8. The van der Waals surface area contributed by atoms with Crippen molar-refractivity contribution in [3.05, 3.63) is 24.3 Å². The molecule has 406 valence electrons. The van der Waals surface area contributed by atoms with E-state index >= 15 is 0 Å². The highest BCUT2D eigenvalue weighted by atomic mass is 16.6. The number of carbonyl (C=O) groups excluding carboxylic acids is 3. The fourth-order valence-corrected chi connectivity index (χ4v) is 9.30. The molecule has 6 nitrogen and oxygen atoms in total. The highest BCUT2D eigenvalue weighted by Crippen LogP contribution is 2.18. The molecule has 0 aromatic carbocycles. The predicted octanol–water partition coefficient (Wildman–Crippen LogP) is 20.7. The van der Waals surface area contributed by atoms with Gasteiger partial charge < -0.3 is 14.2 Å². The van der Waals surface area contributed by atoms with Crippen molar-refractivity contribution in [2.24, 2.45) is 0 Å². The lowest BCUT2D eigenvalue weighted by Crippen LogP contribution is -2.30. The Morgan fingerprint density at radius 2 is 0.522 bits per heavy atom. The van der Waals surface area contributed by atoms with Crippen LogP contribution >= 0.6 is 0 Å². The molecule has 1 atom stereocenters. The summed E-state index contributed by atoms with van der Waals surface area (Å²) in [5, 5.41) is 0. The van der Waals surface area contributed by atoms with Gasteiger partial charge in [-0.2, -0.15) is 0 Å².